The van der Waals surface area contributed by atoms with Gasteiger partial charge in [-0.1, -0.05) is 25.3 Å². The van der Waals surface area contributed by atoms with Crippen LogP contribution in [-0.2, 0) is 9.47 Å². The summed E-state index contributed by atoms with van der Waals surface area (Å²) in [6.07, 6.45) is 8.11. The van der Waals surface area contributed by atoms with Crippen LogP contribution in [0.1, 0.15) is 32.6 Å². The van der Waals surface area contributed by atoms with E-state index in [2.05, 4.69) is 13.2 Å². The molecule has 0 spiro atoms. The summed E-state index contributed by atoms with van der Waals surface area (Å²) in [5.41, 5.74) is -0.362. The molecule has 1 rings (SSSR count). The van der Waals surface area contributed by atoms with Crippen molar-refractivity contribution in [3.63, 3.8) is 0 Å². The molecule has 3 nitrogen and oxygen atoms in total. The molecule has 0 atom stereocenters. The van der Waals surface area contributed by atoms with Crippen LogP contribution in [0.4, 0.5) is 4.79 Å². The fraction of sp³-hybridized carbons (Fsp3) is 0.462. The number of hydrogen-bond acceptors (Lipinski definition) is 3. The topological polar surface area (TPSA) is 35.5 Å². The lowest BCUT2D eigenvalue weighted by molar-refractivity contribution is -0.00895. The van der Waals surface area contributed by atoms with E-state index in [0.717, 1.165) is 25.7 Å². The third-order valence-electron chi connectivity index (χ3n) is 2.62. The van der Waals surface area contributed by atoms with E-state index in [1.807, 2.05) is 6.92 Å². The van der Waals surface area contributed by atoms with Crippen molar-refractivity contribution in [1.82, 2.24) is 0 Å². The largest absolute Gasteiger partial charge is 0.514 e. The Morgan fingerprint density at radius 2 is 2.00 bits per heavy atom. The van der Waals surface area contributed by atoms with Crippen LogP contribution in [0.3, 0.4) is 0 Å². The second-order valence-corrected chi connectivity index (χ2v) is 4.17. The van der Waals surface area contributed by atoms with Crippen molar-refractivity contribution in [2.45, 2.75) is 38.2 Å². The van der Waals surface area contributed by atoms with Gasteiger partial charge in [0.2, 0.25) is 0 Å². The molecule has 0 N–H and O–H groups in total. The van der Waals surface area contributed by atoms with Gasteiger partial charge in [-0.25, -0.2) is 4.79 Å². The van der Waals surface area contributed by atoms with Crippen molar-refractivity contribution in [1.29, 1.82) is 0 Å². The molecule has 0 radical (unpaired) electrons. The minimum absolute atomic E-state index is 0.256. The monoisotopic (exact) mass is 222 g/mol. The molecule has 16 heavy (non-hydrogen) atoms. The summed E-state index contributed by atoms with van der Waals surface area (Å²) in [4.78, 5) is 11.4. The first-order valence-corrected chi connectivity index (χ1v) is 5.44. The molecule has 0 aliphatic heterocycles. The number of hydrogen-bond donors (Lipinski definition) is 0. The van der Waals surface area contributed by atoms with Crippen LogP contribution < -0.4 is 0 Å². The Bertz CT molecular complexity index is 309. The van der Waals surface area contributed by atoms with Crippen LogP contribution >= 0.6 is 0 Å². The zero-order valence-corrected chi connectivity index (χ0v) is 9.70. The van der Waals surface area contributed by atoms with E-state index in [1.54, 1.807) is 18.2 Å². The normalized spacial score (nSPS) is 18.3. The fourth-order valence-electron chi connectivity index (χ4n) is 1.76. The van der Waals surface area contributed by atoms with E-state index >= 15 is 0 Å². The molecular formula is C13H18O3. The van der Waals surface area contributed by atoms with Gasteiger partial charge in [0.15, 0.2) is 0 Å². The minimum Gasteiger partial charge on any atom is -0.428 e. The molecule has 0 heterocycles. The number of rotatable bonds is 4. The Hall–Kier alpha value is -1.51. The van der Waals surface area contributed by atoms with Crippen molar-refractivity contribution >= 4 is 6.16 Å². The Kier molecular flexibility index (Phi) is 4.35. The van der Waals surface area contributed by atoms with Crippen LogP contribution in [0.15, 0.2) is 37.1 Å². The van der Waals surface area contributed by atoms with Crippen LogP contribution in [0.25, 0.3) is 0 Å². The smallest absolute Gasteiger partial charge is 0.428 e. The minimum atomic E-state index is -0.678. The average molecular weight is 222 g/mol. The maximum Gasteiger partial charge on any atom is 0.514 e. The predicted molar refractivity (Wildman–Crippen MR) is 62.9 cm³/mol. The van der Waals surface area contributed by atoms with E-state index < -0.39 is 6.16 Å². The molecular weight excluding hydrogens is 204 g/mol. The van der Waals surface area contributed by atoms with Gasteiger partial charge >= 0.3 is 6.16 Å². The SMILES string of the molecule is C=C/C=C\C(=C)OC(=O)OC1(C)CCCC1. The van der Waals surface area contributed by atoms with Gasteiger partial charge in [0.1, 0.15) is 11.4 Å². The molecule has 1 saturated carbocycles. The quantitative estimate of drug-likeness (QED) is 0.413. The van der Waals surface area contributed by atoms with E-state index in [4.69, 9.17) is 9.47 Å². The lowest BCUT2D eigenvalue weighted by atomic mass is 10.1. The summed E-state index contributed by atoms with van der Waals surface area (Å²) in [6, 6.07) is 0. The molecule has 88 valence electrons. The summed E-state index contributed by atoms with van der Waals surface area (Å²) in [7, 11) is 0. The Balaban J connectivity index is 2.38. The number of carbonyl (C=O) groups is 1. The second-order valence-electron chi connectivity index (χ2n) is 4.17. The summed E-state index contributed by atoms with van der Waals surface area (Å²) in [5.74, 6) is 0.256. The molecule has 1 aliphatic rings. The molecule has 0 aromatic heterocycles. The van der Waals surface area contributed by atoms with Gasteiger partial charge in [-0.3, -0.25) is 0 Å². The van der Waals surface area contributed by atoms with E-state index in [9.17, 15) is 4.79 Å². The van der Waals surface area contributed by atoms with Crippen molar-refractivity contribution in [3.8, 4) is 0 Å². The van der Waals surface area contributed by atoms with Gasteiger partial charge in [0.25, 0.3) is 0 Å². The highest BCUT2D eigenvalue weighted by Crippen LogP contribution is 2.32. The van der Waals surface area contributed by atoms with Crippen LogP contribution in [0.2, 0.25) is 0 Å². The number of carbonyl (C=O) groups excluding carboxylic acids is 1. The highest BCUT2D eigenvalue weighted by atomic mass is 16.7. The maximum absolute atomic E-state index is 11.4. The van der Waals surface area contributed by atoms with Crippen molar-refractivity contribution in [3.05, 3.63) is 37.1 Å². The van der Waals surface area contributed by atoms with Crippen LogP contribution in [0, 0.1) is 0 Å². The Labute approximate surface area is 96.4 Å². The first-order chi connectivity index (χ1) is 7.56. The number of allylic oxidation sites excluding steroid dienone is 3. The lowest BCUT2D eigenvalue weighted by Crippen LogP contribution is -2.28. The summed E-state index contributed by atoms with van der Waals surface area (Å²) in [6.45, 7) is 9.01. The third kappa shape index (κ3) is 3.93. The van der Waals surface area contributed by atoms with Gasteiger partial charge in [-0.2, -0.15) is 0 Å². The van der Waals surface area contributed by atoms with Crippen molar-refractivity contribution in [2.24, 2.45) is 0 Å². The zero-order valence-electron chi connectivity index (χ0n) is 9.70. The van der Waals surface area contributed by atoms with Crippen molar-refractivity contribution < 1.29 is 14.3 Å². The first-order valence-electron chi connectivity index (χ1n) is 5.44. The molecule has 0 aromatic carbocycles. The summed E-state index contributed by atoms with van der Waals surface area (Å²) >= 11 is 0. The molecule has 1 aliphatic carbocycles. The molecule has 0 unspecified atom stereocenters. The Morgan fingerprint density at radius 1 is 1.38 bits per heavy atom. The molecule has 0 bridgehead atoms. The maximum atomic E-state index is 11.4. The van der Waals surface area contributed by atoms with E-state index in [-0.39, 0.29) is 11.4 Å². The van der Waals surface area contributed by atoms with Gasteiger partial charge in [0, 0.05) is 0 Å². The Morgan fingerprint density at radius 3 is 2.56 bits per heavy atom. The summed E-state index contributed by atoms with van der Waals surface area (Å²) in [5, 5.41) is 0. The van der Waals surface area contributed by atoms with Gasteiger partial charge < -0.3 is 9.47 Å². The molecule has 0 aromatic rings. The zero-order chi connectivity index (χ0) is 12.0. The van der Waals surface area contributed by atoms with Gasteiger partial charge in [0.05, 0.1) is 0 Å². The van der Waals surface area contributed by atoms with Gasteiger partial charge in [-0.05, 0) is 38.7 Å². The first kappa shape index (κ1) is 12.6. The molecule has 0 saturated heterocycles. The highest BCUT2D eigenvalue weighted by molar-refractivity contribution is 5.62. The van der Waals surface area contributed by atoms with E-state index in [0.29, 0.717) is 0 Å². The second kappa shape index (κ2) is 5.54. The lowest BCUT2D eigenvalue weighted by Gasteiger charge is -2.23. The fourth-order valence-corrected chi connectivity index (χ4v) is 1.76. The van der Waals surface area contributed by atoms with Crippen molar-refractivity contribution in [2.75, 3.05) is 0 Å². The summed E-state index contributed by atoms with van der Waals surface area (Å²) < 4.78 is 10.2. The number of ether oxygens (including phenoxy) is 2. The predicted octanol–water partition coefficient (Wildman–Crippen LogP) is 3.73. The van der Waals surface area contributed by atoms with Crippen LogP contribution in [0.5, 0.6) is 0 Å². The van der Waals surface area contributed by atoms with Gasteiger partial charge in [-0.15, -0.1) is 0 Å². The van der Waals surface area contributed by atoms with Crippen LogP contribution in [-0.4, -0.2) is 11.8 Å². The molecule has 3 heteroatoms. The highest BCUT2D eigenvalue weighted by Gasteiger charge is 2.33. The molecule has 1 fully saturated rings. The third-order valence-corrected chi connectivity index (χ3v) is 2.62. The molecule has 0 amide bonds. The average Bonchev–Trinajstić information content (AvgIpc) is 2.61. The van der Waals surface area contributed by atoms with E-state index in [1.165, 1.54) is 0 Å². The standard InChI is InChI=1S/C13H18O3/c1-4-5-8-11(2)15-12(14)16-13(3)9-6-7-10-13/h4-5,8H,1-2,6-7,9-10H2,3H3/b8-5-.